The third-order valence-corrected chi connectivity index (χ3v) is 2.24. The molecule has 0 radical (unpaired) electrons. The van der Waals surface area contributed by atoms with Crippen LogP contribution < -0.4 is 0 Å². The first-order valence-electron chi connectivity index (χ1n) is 4.41. The van der Waals surface area contributed by atoms with Crippen LogP contribution in [0.3, 0.4) is 0 Å². The van der Waals surface area contributed by atoms with Crippen LogP contribution in [0.4, 0.5) is 0 Å². The lowest BCUT2D eigenvalue weighted by Gasteiger charge is -2.02. The molecule has 0 aromatic heterocycles. The van der Waals surface area contributed by atoms with Crippen molar-refractivity contribution in [2.24, 2.45) is 0 Å². The van der Waals surface area contributed by atoms with E-state index in [1.807, 2.05) is 6.07 Å². The van der Waals surface area contributed by atoms with E-state index in [2.05, 4.69) is 25.1 Å². The van der Waals surface area contributed by atoms with Crippen molar-refractivity contribution < 1.29 is 0 Å². The van der Waals surface area contributed by atoms with E-state index >= 15 is 0 Å². The Morgan fingerprint density at radius 3 is 2.75 bits per heavy atom. The molecule has 0 spiro atoms. The molecular weight excluding hydrogens is 164 g/mol. The van der Waals surface area contributed by atoms with E-state index < -0.39 is 0 Å². The minimum atomic E-state index is 1.15. The fourth-order valence-corrected chi connectivity index (χ4v) is 1.47. The van der Waals surface area contributed by atoms with Crippen LogP contribution in [0.1, 0.15) is 30.9 Å². The van der Waals surface area contributed by atoms with Gasteiger partial charge in [0.1, 0.15) is 0 Å². The number of hydrogen-bond donors (Lipinski definition) is 0. The topological polar surface area (TPSA) is 0 Å². The van der Waals surface area contributed by atoms with E-state index in [1.54, 1.807) is 5.37 Å². The summed E-state index contributed by atoms with van der Waals surface area (Å²) in [6.45, 7) is 2.21. The molecule has 0 unspecified atom stereocenters. The van der Waals surface area contributed by atoms with Gasteiger partial charge in [0, 0.05) is 5.37 Å². The molecule has 0 aliphatic heterocycles. The average molecular weight is 178 g/mol. The largest absolute Gasteiger partial charge is 0.0881 e. The molecule has 12 heavy (non-hydrogen) atoms. The summed E-state index contributed by atoms with van der Waals surface area (Å²) in [7, 11) is 0. The molecule has 0 fully saturated rings. The summed E-state index contributed by atoms with van der Waals surface area (Å²) in [5, 5.41) is 1.77. The highest BCUT2D eigenvalue weighted by atomic mass is 32.1. The van der Waals surface area contributed by atoms with Crippen molar-refractivity contribution in [3.05, 3.63) is 35.4 Å². The third-order valence-electron chi connectivity index (χ3n) is 1.98. The molecule has 1 heteroatoms. The monoisotopic (exact) mass is 178 g/mol. The van der Waals surface area contributed by atoms with Gasteiger partial charge in [0.15, 0.2) is 0 Å². The highest BCUT2D eigenvalue weighted by Gasteiger charge is 1.96. The Morgan fingerprint density at radius 1 is 1.33 bits per heavy atom. The molecule has 0 bridgehead atoms. The zero-order valence-electron chi connectivity index (χ0n) is 7.42. The Hall–Kier alpha value is -0.690. The minimum Gasteiger partial charge on any atom is -0.0881 e. The summed E-state index contributed by atoms with van der Waals surface area (Å²) in [6.07, 6.45) is 3.64. The first-order chi connectivity index (χ1) is 5.88. The standard InChI is InChI=1S/C11H14S/c1-2-3-6-10-7-4-5-8-11(10)9-12/h4-5,7-9H,2-3,6H2,1H3. The number of unbranched alkanes of at least 4 members (excludes halogenated alkanes) is 1. The number of benzene rings is 1. The molecule has 0 atom stereocenters. The van der Waals surface area contributed by atoms with Crippen LogP contribution in [0.15, 0.2) is 24.3 Å². The van der Waals surface area contributed by atoms with Gasteiger partial charge in [-0.1, -0.05) is 49.8 Å². The second-order valence-corrected chi connectivity index (χ2v) is 3.16. The molecule has 0 amide bonds. The maximum atomic E-state index is 4.93. The van der Waals surface area contributed by atoms with Gasteiger partial charge >= 0.3 is 0 Å². The quantitative estimate of drug-likeness (QED) is 0.637. The van der Waals surface area contributed by atoms with Gasteiger partial charge in [-0.25, -0.2) is 0 Å². The summed E-state index contributed by atoms with van der Waals surface area (Å²) in [5.41, 5.74) is 2.59. The Kier molecular flexibility index (Phi) is 3.95. The fraction of sp³-hybridized carbons (Fsp3) is 0.364. The molecule has 0 nitrogen and oxygen atoms in total. The molecule has 1 aromatic rings. The van der Waals surface area contributed by atoms with E-state index in [0.29, 0.717) is 0 Å². The van der Waals surface area contributed by atoms with E-state index in [0.717, 1.165) is 6.42 Å². The Morgan fingerprint density at radius 2 is 2.08 bits per heavy atom. The summed E-state index contributed by atoms with van der Waals surface area (Å²) < 4.78 is 0. The van der Waals surface area contributed by atoms with Gasteiger partial charge in [-0.05, 0) is 24.0 Å². The first kappa shape index (κ1) is 9.40. The van der Waals surface area contributed by atoms with Crippen LogP contribution in [-0.4, -0.2) is 5.37 Å². The lowest BCUT2D eigenvalue weighted by molar-refractivity contribution is 0.794. The van der Waals surface area contributed by atoms with Crippen molar-refractivity contribution in [1.29, 1.82) is 0 Å². The predicted molar refractivity (Wildman–Crippen MR) is 57.8 cm³/mol. The lowest BCUT2D eigenvalue weighted by atomic mass is 10.0. The molecular formula is C11H14S. The summed E-state index contributed by atoms with van der Waals surface area (Å²) >= 11 is 4.93. The normalized spacial score (nSPS) is 9.75. The molecule has 0 saturated carbocycles. The molecule has 64 valence electrons. The van der Waals surface area contributed by atoms with Crippen LogP contribution in [0.5, 0.6) is 0 Å². The van der Waals surface area contributed by atoms with Gasteiger partial charge in [0.05, 0.1) is 0 Å². The first-order valence-corrected chi connectivity index (χ1v) is 4.88. The van der Waals surface area contributed by atoms with Gasteiger partial charge in [-0.15, -0.1) is 0 Å². The second kappa shape index (κ2) is 5.04. The maximum Gasteiger partial charge on any atom is 0.00888 e. The zero-order valence-corrected chi connectivity index (χ0v) is 8.23. The van der Waals surface area contributed by atoms with Crippen LogP contribution in [0, 0.1) is 0 Å². The van der Waals surface area contributed by atoms with E-state index in [-0.39, 0.29) is 0 Å². The lowest BCUT2D eigenvalue weighted by Crippen LogP contribution is -1.91. The molecule has 0 heterocycles. The molecule has 0 saturated heterocycles. The summed E-state index contributed by atoms with van der Waals surface area (Å²) in [4.78, 5) is 0. The van der Waals surface area contributed by atoms with Crippen molar-refractivity contribution in [2.75, 3.05) is 0 Å². The number of thiocarbonyl (C=S) groups is 1. The van der Waals surface area contributed by atoms with Crippen LogP contribution >= 0.6 is 12.2 Å². The molecule has 0 aliphatic rings. The maximum absolute atomic E-state index is 4.93. The van der Waals surface area contributed by atoms with Gasteiger partial charge < -0.3 is 0 Å². The van der Waals surface area contributed by atoms with Crippen molar-refractivity contribution in [3.63, 3.8) is 0 Å². The Balaban J connectivity index is 2.75. The molecule has 1 aromatic carbocycles. The highest BCUT2D eigenvalue weighted by Crippen LogP contribution is 2.09. The SMILES string of the molecule is CCCCc1ccccc1C=S. The second-order valence-electron chi connectivity index (χ2n) is 2.92. The average Bonchev–Trinajstić information content (AvgIpc) is 2.15. The van der Waals surface area contributed by atoms with Crippen molar-refractivity contribution in [2.45, 2.75) is 26.2 Å². The van der Waals surface area contributed by atoms with Crippen molar-refractivity contribution in [1.82, 2.24) is 0 Å². The van der Waals surface area contributed by atoms with E-state index in [9.17, 15) is 0 Å². The van der Waals surface area contributed by atoms with Gasteiger partial charge in [0.2, 0.25) is 0 Å². The predicted octanol–water partition coefficient (Wildman–Crippen LogP) is 3.38. The van der Waals surface area contributed by atoms with Crippen LogP contribution in [0.2, 0.25) is 0 Å². The third kappa shape index (κ3) is 2.42. The Bertz CT molecular complexity index is 253. The number of rotatable bonds is 4. The molecule has 0 aliphatic carbocycles. The van der Waals surface area contributed by atoms with Gasteiger partial charge in [-0.3, -0.25) is 0 Å². The van der Waals surface area contributed by atoms with E-state index in [4.69, 9.17) is 12.2 Å². The van der Waals surface area contributed by atoms with E-state index in [1.165, 1.54) is 24.0 Å². The summed E-state index contributed by atoms with van der Waals surface area (Å²) in [6, 6.07) is 8.35. The Labute approximate surface area is 79.6 Å². The fourth-order valence-electron chi connectivity index (χ4n) is 1.24. The zero-order chi connectivity index (χ0) is 8.81. The van der Waals surface area contributed by atoms with Crippen molar-refractivity contribution in [3.8, 4) is 0 Å². The highest BCUT2D eigenvalue weighted by molar-refractivity contribution is 7.79. The molecule has 0 N–H and O–H groups in total. The van der Waals surface area contributed by atoms with Crippen molar-refractivity contribution >= 4 is 17.6 Å². The smallest absolute Gasteiger partial charge is 0.00888 e. The van der Waals surface area contributed by atoms with Gasteiger partial charge in [0.25, 0.3) is 0 Å². The van der Waals surface area contributed by atoms with Gasteiger partial charge in [-0.2, -0.15) is 0 Å². The number of hydrogen-bond acceptors (Lipinski definition) is 1. The molecule has 1 rings (SSSR count). The van der Waals surface area contributed by atoms with Crippen LogP contribution in [-0.2, 0) is 6.42 Å². The number of aryl methyl sites for hydroxylation is 1. The van der Waals surface area contributed by atoms with Crippen LogP contribution in [0.25, 0.3) is 0 Å². The summed E-state index contributed by atoms with van der Waals surface area (Å²) in [5.74, 6) is 0. The minimum absolute atomic E-state index is 1.15.